The second-order valence-electron chi connectivity index (χ2n) is 8.50. The van der Waals surface area contributed by atoms with Gasteiger partial charge in [-0.2, -0.15) is 15.0 Å². The number of anilines is 3. The van der Waals surface area contributed by atoms with Crippen molar-refractivity contribution in [2.45, 2.75) is 26.9 Å². The van der Waals surface area contributed by atoms with E-state index in [1.54, 1.807) is 43.3 Å². The number of carbonyl (C=O) groups excluding carboxylic acids is 1. The number of amides is 2. The maximum atomic E-state index is 12.4. The molecule has 4 rings (SSSR count). The first kappa shape index (κ1) is 24.9. The maximum Gasteiger partial charge on any atom is 0.335 e. The van der Waals surface area contributed by atoms with E-state index >= 15 is 0 Å². The maximum absolute atomic E-state index is 12.4. The lowest BCUT2D eigenvalue weighted by Gasteiger charge is -2.27. The molecule has 2 aromatic carbocycles. The summed E-state index contributed by atoms with van der Waals surface area (Å²) in [5.74, 6) is -0.0152. The van der Waals surface area contributed by atoms with Crippen molar-refractivity contribution in [3.05, 3.63) is 53.6 Å². The first-order valence-electron chi connectivity index (χ1n) is 11.6. The van der Waals surface area contributed by atoms with E-state index in [9.17, 15) is 9.59 Å². The summed E-state index contributed by atoms with van der Waals surface area (Å²) < 4.78 is 11.2. The second kappa shape index (κ2) is 11.0. The first-order valence-corrected chi connectivity index (χ1v) is 11.6. The molecule has 3 aromatic rings. The van der Waals surface area contributed by atoms with Gasteiger partial charge in [-0.3, -0.25) is 0 Å². The third-order valence-electron chi connectivity index (χ3n) is 5.35. The van der Waals surface area contributed by atoms with Crippen molar-refractivity contribution in [2.24, 2.45) is 0 Å². The van der Waals surface area contributed by atoms with Crippen LogP contribution in [0.15, 0.2) is 42.5 Å². The molecule has 1 aromatic heterocycles. The van der Waals surface area contributed by atoms with E-state index < -0.39 is 12.0 Å². The minimum absolute atomic E-state index is 0.0907. The normalized spacial score (nSPS) is 13.4. The molecule has 0 radical (unpaired) electrons. The average molecular weight is 493 g/mol. The van der Waals surface area contributed by atoms with Crippen LogP contribution in [0.4, 0.5) is 22.1 Å². The standard InChI is InChI=1S/C25H28N6O5/c1-15(2)36-25-29-21(28-23(30-25)31-10-12-35-13-11-31)17-4-6-18(7-5-17)26-24(34)27-19-8-9-20(22(32)33)16(3)14-19/h4-9,14-15H,10-13H2,1-3H3,(H,32,33)(H2,26,27,34). The van der Waals surface area contributed by atoms with Crippen LogP contribution >= 0.6 is 0 Å². The number of carboxylic acid groups (broad SMARTS) is 1. The fourth-order valence-electron chi connectivity index (χ4n) is 3.62. The summed E-state index contributed by atoms with van der Waals surface area (Å²) in [5.41, 5.74) is 2.54. The number of hydrogen-bond acceptors (Lipinski definition) is 8. The number of ether oxygens (including phenoxy) is 2. The lowest BCUT2D eigenvalue weighted by molar-refractivity contribution is 0.0696. The zero-order valence-electron chi connectivity index (χ0n) is 20.3. The van der Waals surface area contributed by atoms with Crippen LogP contribution in [-0.4, -0.2) is 64.5 Å². The number of aromatic carboxylic acids is 1. The minimum Gasteiger partial charge on any atom is -0.478 e. The van der Waals surface area contributed by atoms with Crippen molar-refractivity contribution in [1.82, 2.24) is 15.0 Å². The van der Waals surface area contributed by atoms with Gasteiger partial charge in [-0.25, -0.2) is 9.59 Å². The molecule has 1 fully saturated rings. The fraction of sp³-hybridized carbons (Fsp3) is 0.320. The number of benzene rings is 2. The van der Waals surface area contributed by atoms with Crippen molar-refractivity contribution in [2.75, 3.05) is 41.8 Å². The van der Waals surface area contributed by atoms with Gasteiger partial charge in [0.25, 0.3) is 0 Å². The van der Waals surface area contributed by atoms with Crippen LogP contribution in [0.1, 0.15) is 29.8 Å². The zero-order chi connectivity index (χ0) is 25.7. The molecule has 36 heavy (non-hydrogen) atoms. The van der Waals surface area contributed by atoms with Crippen molar-refractivity contribution in [3.8, 4) is 17.4 Å². The molecule has 11 nitrogen and oxygen atoms in total. The highest BCUT2D eigenvalue weighted by atomic mass is 16.5. The van der Waals surface area contributed by atoms with E-state index in [1.165, 1.54) is 6.07 Å². The summed E-state index contributed by atoms with van der Waals surface area (Å²) in [7, 11) is 0. The first-order chi connectivity index (χ1) is 17.3. The number of nitrogens with one attached hydrogen (secondary N) is 2. The van der Waals surface area contributed by atoms with Crippen molar-refractivity contribution in [1.29, 1.82) is 0 Å². The van der Waals surface area contributed by atoms with Gasteiger partial charge in [-0.15, -0.1) is 0 Å². The lowest BCUT2D eigenvalue weighted by atomic mass is 10.1. The Balaban J connectivity index is 1.48. The number of aromatic nitrogens is 3. The Morgan fingerprint density at radius 1 is 1.00 bits per heavy atom. The van der Waals surface area contributed by atoms with Crippen molar-refractivity contribution in [3.63, 3.8) is 0 Å². The van der Waals surface area contributed by atoms with Gasteiger partial charge in [-0.05, 0) is 68.8 Å². The van der Waals surface area contributed by atoms with E-state index in [0.29, 0.717) is 55.0 Å². The molecule has 2 heterocycles. The number of hydrogen-bond donors (Lipinski definition) is 3. The van der Waals surface area contributed by atoms with Crippen LogP contribution in [0.25, 0.3) is 11.4 Å². The fourth-order valence-corrected chi connectivity index (χ4v) is 3.62. The lowest BCUT2D eigenvalue weighted by Crippen LogP contribution is -2.37. The highest BCUT2D eigenvalue weighted by molar-refractivity contribution is 6.00. The third kappa shape index (κ3) is 6.25. The van der Waals surface area contributed by atoms with Crippen LogP contribution in [0, 0.1) is 6.92 Å². The Morgan fingerprint density at radius 3 is 2.31 bits per heavy atom. The molecule has 2 amide bonds. The third-order valence-corrected chi connectivity index (χ3v) is 5.35. The molecular formula is C25H28N6O5. The van der Waals surface area contributed by atoms with Crippen LogP contribution < -0.4 is 20.3 Å². The number of carboxylic acids is 1. The highest BCUT2D eigenvalue weighted by Gasteiger charge is 2.18. The molecule has 0 saturated carbocycles. The Morgan fingerprint density at radius 2 is 1.67 bits per heavy atom. The Labute approximate surface area is 208 Å². The SMILES string of the molecule is Cc1cc(NC(=O)Nc2ccc(-c3nc(OC(C)C)nc(N4CCOCC4)n3)cc2)ccc1C(=O)O. The summed E-state index contributed by atoms with van der Waals surface area (Å²) in [4.78, 5) is 39.2. The smallest absolute Gasteiger partial charge is 0.335 e. The Bertz CT molecular complexity index is 1240. The molecule has 0 atom stereocenters. The predicted molar refractivity (Wildman–Crippen MR) is 135 cm³/mol. The molecular weight excluding hydrogens is 464 g/mol. The largest absolute Gasteiger partial charge is 0.478 e. The predicted octanol–water partition coefficient (Wildman–Crippen LogP) is 3.81. The molecule has 1 saturated heterocycles. The average Bonchev–Trinajstić information content (AvgIpc) is 2.84. The molecule has 1 aliphatic rings. The Kier molecular flexibility index (Phi) is 7.59. The van der Waals surface area contributed by atoms with Crippen LogP contribution in [0.2, 0.25) is 0 Å². The number of morpholine rings is 1. The summed E-state index contributed by atoms with van der Waals surface area (Å²) in [6, 6.07) is 11.5. The number of urea groups is 1. The van der Waals surface area contributed by atoms with Crippen molar-refractivity contribution >= 4 is 29.3 Å². The van der Waals surface area contributed by atoms with E-state index in [2.05, 4.69) is 25.6 Å². The number of aryl methyl sites for hydroxylation is 1. The van der Waals surface area contributed by atoms with Gasteiger partial charge in [0.1, 0.15) is 0 Å². The van der Waals surface area contributed by atoms with Gasteiger partial charge in [0.15, 0.2) is 5.82 Å². The van der Waals surface area contributed by atoms with E-state index in [4.69, 9.17) is 14.6 Å². The van der Waals surface area contributed by atoms with Gasteiger partial charge in [0, 0.05) is 30.0 Å². The topological polar surface area (TPSA) is 139 Å². The molecule has 188 valence electrons. The van der Waals surface area contributed by atoms with Crippen LogP contribution in [0.3, 0.4) is 0 Å². The summed E-state index contributed by atoms with van der Waals surface area (Å²) in [5, 5.41) is 14.6. The van der Waals surface area contributed by atoms with E-state index in [1.807, 2.05) is 18.7 Å². The summed E-state index contributed by atoms with van der Waals surface area (Å²) >= 11 is 0. The molecule has 0 bridgehead atoms. The number of nitrogens with zero attached hydrogens (tertiary/aromatic N) is 4. The summed E-state index contributed by atoms with van der Waals surface area (Å²) in [6.45, 7) is 8.06. The van der Waals surface area contributed by atoms with E-state index in [0.717, 1.165) is 5.56 Å². The van der Waals surface area contributed by atoms with Gasteiger partial charge < -0.3 is 30.1 Å². The number of carbonyl (C=O) groups is 2. The van der Waals surface area contributed by atoms with Crippen LogP contribution in [-0.2, 0) is 4.74 Å². The molecule has 1 aliphatic heterocycles. The molecule has 11 heteroatoms. The zero-order valence-corrected chi connectivity index (χ0v) is 20.3. The van der Waals surface area contributed by atoms with E-state index in [-0.39, 0.29) is 17.7 Å². The summed E-state index contributed by atoms with van der Waals surface area (Å²) in [6.07, 6.45) is -0.0907. The van der Waals surface area contributed by atoms with Crippen molar-refractivity contribution < 1.29 is 24.2 Å². The van der Waals surface area contributed by atoms with Gasteiger partial charge in [0.2, 0.25) is 5.95 Å². The quantitative estimate of drug-likeness (QED) is 0.449. The van der Waals surface area contributed by atoms with Gasteiger partial charge >= 0.3 is 18.0 Å². The minimum atomic E-state index is -1.01. The second-order valence-corrected chi connectivity index (χ2v) is 8.50. The monoisotopic (exact) mass is 492 g/mol. The molecule has 0 aliphatic carbocycles. The molecule has 0 unspecified atom stereocenters. The van der Waals surface area contributed by atoms with Crippen LogP contribution in [0.5, 0.6) is 6.01 Å². The van der Waals surface area contributed by atoms with Gasteiger partial charge in [0.05, 0.1) is 24.9 Å². The molecule has 0 spiro atoms. The highest BCUT2D eigenvalue weighted by Crippen LogP contribution is 2.24. The molecule has 3 N–H and O–H groups in total. The Hall–Kier alpha value is -4.25. The van der Waals surface area contributed by atoms with Gasteiger partial charge in [-0.1, -0.05) is 0 Å². The number of rotatable bonds is 7.